The number of hydrogen-bond acceptors (Lipinski definition) is 3. The molecule has 0 aromatic heterocycles. The Balaban J connectivity index is 2.78. The number of carboxylic acids is 1. The number of nitrogens with zero attached hydrogens (tertiary/aromatic N) is 3. The second-order valence-electron chi connectivity index (χ2n) is 4.43. The predicted octanol–water partition coefficient (Wildman–Crippen LogP) is 2.69. The van der Waals surface area contributed by atoms with Gasteiger partial charge in [0.25, 0.3) is 0 Å². The van der Waals surface area contributed by atoms with Gasteiger partial charge < -0.3 is 10.2 Å². The van der Waals surface area contributed by atoms with Gasteiger partial charge in [-0.15, -0.1) is 0 Å². The summed E-state index contributed by atoms with van der Waals surface area (Å²) in [5.41, 5.74) is 8.00. The van der Waals surface area contributed by atoms with Crippen molar-refractivity contribution in [3.8, 4) is 0 Å². The summed E-state index contributed by atoms with van der Waals surface area (Å²) in [4.78, 5) is 14.1. The van der Waals surface area contributed by atoms with E-state index in [1.165, 1.54) is 0 Å². The summed E-state index contributed by atoms with van der Waals surface area (Å²) in [7, 11) is 0. The minimum Gasteiger partial charge on any atom is -0.479 e. The first kappa shape index (κ1) is 14.6. The van der Waals surface area contributed by atoms with E-state index in [0.29, 0.717) is 11.1 Å². The van der Waals surface area contributed by atoms with Crippen molar-refractivity contribution in [2.45, 2.75) is 11.6 Å². The Labute approximate surface area is 120 Å². The number of rotatable bonds is 5. The highest BCUT2D eigenvalue weighted by Gasteiger charge is 2.45. The van der Waals surface area contributed by atoms with Gasteiger partial charge in [0.05, 0.1) is 0 Å². The van der Waals surface area contributed by atoms with Crippen LogP contribution in [0.1, 0.15) is 11.1 Å². The van der Waals surface area contributed by atoms with Gasteiger partial charge in [-0.25, -0.2) is 4.79 Å². The van der Waals surface area contributed by atoms with E-state index in [-0.39, 0.29) is 0 Å². The van der Waals surface area contributed by atoms with Gasteiger partial charge in [0.15, 0.2) is 6.10 Å². The molecule has 0 amide bonds. The average molecular weight is 283 g/mol. The molecule has 21 heavy (non-hydrogen) atoms. The fraction of sp³-hybridized carbons (Fsp3) is 0.133. The fourth-order valence-corrected chi connectivity index (χ4v) is 2.29. The maximum atomic E-state index is 11.3. The van der Waals surface area contributed by atoms with Gasteiger partial charge in [-0.2, -0.15) is 0 Å². The molecule has 0 aliphatic carbocycles. The Hall–Kier alpha value is -2.82. The summed E-state index contributed by atoms with van der Waals surface area (Å²) >= 11 is 0. The van der Waals surface area contributed by atoms with E-state index in [9.17, 15) is 15.0 Å². The highest BCUT2D eigenvalue weighted by atomic mass is 16.4. The van der Waals surface area contributed by atoms with Crippen LogP contribution in [0.2, 0.25) is 0 Å². The molecule has 1 atom stereocenters. The third-order valence-corrected chi connectivity index (χ3v) is 3.26. The Morgan fingerprint density at radius 3 is 1.81 bits per heavy atom. The van der Waals surface area contributed by atoms with Crippen molar-refractivity contribution in [1.29, 1.82) is 0 Å². The van der Waals surface area contributed by atoms with E-state index in [1.807, 2.05) is 0 Å². The highest BCUT2D eigenvalue weighted by Crippen LogP contribution is 2.37. The number of carboxylic acid groups (broad SMARTS) is 1. The number of hydrogen-bond donors (Lipinski definition) is 2. The third kappa shape index (κ3) is 2.58. The minimum atomic E-state index is -1.90. The first-order chi connectivity index (χ1) is 10.1. The molecule has 2 rings (SSSR count). The van der Waals surface area contributed by atoms with Crippen molar-refractivity contribution in [2.75, 3.05) is 0 Å². The van der Waals surface area contributed by atoms with Crippen molar-refractivity contribution in [1.82, 2.24) is 0 Å². The van der Waals surface area contributed by atoms with Crippen LogP contribution >= 0.6 is 0 Å². The zero-order valence-electron chi connectivity index (χ0n) is 11.0. The van der Waals surface area contributed by atoms with Crippen molar-refractivity contribution in [3.63, 3.8) is 0 Å². The molecule has 0 radical (unpaired) electrons. The lowest BCUT2D eigenvalue weighted by Crippen LogP contribution is -2.43. The Kier molecular flexibility index (Phi) is 4.23. The van der Waals surface area contributed by atoms with Crippen molar-refractivity contribution in [2.24, 2.45) is 5.11 Å². The molecule has 2 aromatic rings. The molecule has 0 aliphatic heterocycles. The van der Waals surface area contributed by atoms with Crippen LogP contribution in [-0.2, 0) is 10.3 Å². The molecule has 6 nitrogen and oxygen atoms in total. The van der Waals surface area contributed by atoms with Crippen molar-refractivity contribution in [3.05, 3.63) is 82.2 Å². The first-order valence-electron chi connectivity index (χ1n) is 6.21. The SMILES string of the molecule is [N-]=[N+]=NC(c1ccccc1)(c1ccccc1)C(O)C(=O)O. The van der Waals surface area contributed by atoms with Crippen LogP contribution in [0.15, 0.2) is 65.8 Å². The summed E-state index contributed by atoms with van der Waals surface area (Å²) in [6, 6.07) is 16.7. The van der Waals surface area contributed by atoms with Crippen molar-refractivity contribution < 1.29 is 15.0 Å². The molecule has 2 N–H and O–H groups in total. The molecule has 0 bridgehead atoms. The normalized spacial score (nSPS) is 12.2. The van der Waals surface area contributed by atoms with E-state index in [2.05, 4.69) is 10.0 Å². The molecule has 6 heteroatoms. The van der Waals surface area contributed by atoms with Gasteiger partial charge in [0, 0.05) is 4.91 Å². The minimum absolute atomic E-state index is 0.406. The van der Waals surface area contributed by atoms with Gasteiger partial charge in [-0.05, 0) is 16.7 Å². The number of azide groups is 1. The van der Waals surface area contributed by atoms with Gasteiger partial charge in [0.1, 0.15) is 5.54 Å². The average Bonchev–Trinajstić information content (AvgIpc) is 2.53. The fourth-order valence-electron chi connectivity index (χ4n) is 2.29. The standard InChI is InChI=1S/C15H13N3O3/c16-18-17-15(13(19)14(20)21,11-7-3-1-4-8-11)12-9-5-2-6-10-12/h1-10,13,19H,(H,20,21). The molecule has 0 heterocycles. The van der Waals surface area contributed by atoms with E-state index >= 15 is 0 Å². The molecule has 0 saturated carbocycles. The number of aliphatic hydroxyl groups is 1. The summed E-state index contributed by atoms with van der Waals surface area (Å²) in [5.74, 6) is -1.46. The van der Waals surface area contributed by atoms with E-state index in [0.717, 1.165) is 0 Å². The van der Waals surface area contributed by atoms with Crippen LogP contribution in [0.25, 0.3) is 10.4 Å². The zero-order chi connectivity index (χ0) is 15.3. The molecule has 0 spiro atoms. The maximum absolute atomic E-state index is 11.3. The Morgan fingerprint density at radius 1 is 1.05 bits per heavy atom. The number of aliphatic carboxylic acids is 1. The van der Waals surface area contributed by atoms with E-state index < -0.39 is 17.6 Å². The van der Waals surface area contributed by atoms with Gasteiger partial charge in [-0.3, -0.25) is 0 Å². The van der Waals surface area contributed by atoms with Gasteiger partial charge in [0.2, 0.25) is 0 Å². The lowest BCUT2D eigenvalue weighted by molar-refractivity contribution is -0.149. The molecule has 0 fully saturated rings. The molecule has 0 aliphatic rings. The third-order valence-electron chi connectivity index (χ3n) is 3.26. The Bertz CT molecular complexity index is 628. The quantitative estimate of drug-likeness (QED) is 0.500. The number of aliphatic hydroxyl groups excluding tert-OH is 1. The summed E-state index contributed by atoms with van der Waals surface area (Å²) in [6.45, 7) is 0. The number of benzene rings is 2. The predicted molar refractivity (Wildman–Crippen MR) is 76.5 cm³/mol. The second-order valence-corrected chi connectivity index (χ2v) is 4.43. The van der Waals surface area contributed by atoms with E-state index in [1.54, 1.807) is 60.7 Å². The number of carbonyl (C=O) groups is 1. The summed E-state index contributed by atoms with van der Waals surface area (Å²) in [6.07, 6.45) is -1.90. The van der Waals surface area contributed by atoms with Crippen LogP contribution < -0.4 is 0 Å². The molecule has 2 aromatic carbocycles. The molecular formula is C15H13N3O3. The molecule has 106 valence electrons. The molecule has 1 unspecified atom stereocenters. The van der Waals surface area contributed by atoms with Crippen LogP contribution in [0.5, 0.6) is 0 Å². The lowest BCUT2D eigenvalue weighted by atomic mass is 9.79. The largest absolute Gasteiger partial charge is 0.479 e. The van der Waals surface area contributed by atoms with Crippen LogP contribution in [0, 0.1) is 0 Å². The Morgan fingerprint density at radius 2 is 1.48 bits per heavy atom. The zero-order valence-corrected chi connectivity index (χ0v) is 11.0. The maximum Gasteiger partial charge on any atom is 0.333 e. The first-order valence-corrected chi connectivity index (χ1v) is 6.21. The van der Waals surface area contributed by atoms with Gasteiger partial charge >= 0.3 is 5.97 Å². The summed E-state index contributed by atoms with van der Waals surface area (Å²) in [5, 5.41) is 23.1. The van der Waals surface area contributed by atoms with Gasteiger partial charge in [-0.1, -0.05) is 65.8 Å². The van der Waals surface area contributed by atoms with Crippen LogP contribution in [-0.4, -0.2) is 22.3 Å². The highest BCUT2D eigenvalue weighted by molar-refractivity contribution is 5.76. The summed E-state index contributed by atoms with van der Waals surface area (Å²) < 4.78 is 0. The molecular weight excluding hydrogens is 270 g/mol. The van der Waals surface area contributed by atoms with E-state index in [4.69, 9.17) is 5.53 Å². The van der Waals surface area contributed by atoms with Crippen LogP contribution in [0.4, 0.5) is 0 Å². The second kappa shape index (κ2) is 6.09. The van der Waals surface area contributed by atoms with Crippen molar-refractivity contribution >= 4 is 5.97 Å². The van der Waals surface area contributed by atoms with Crippen LogP contribution in [0.3, 0.4) is 0 Å². The molecule has 0 saturated heterocycles. The monoisotopic (exact) mass is 283 g/mol. The topological polar surface area (TPSA) is 106 Å². The smallest absolute Gasteiger partial charge is 0.333 e. The lowest BCUT2D eigenvalue weighted by Gasteiger charge is -2.32.